The van der Waals surface area contributed by atoms with Crippen molar-refractivity contribution >= 4 is 17.7 Å². The Morgan fingerprint density at radius 1 is 1.09 bits per heavy atom. The van der Waals surface area contributed by atoms with Crippen LogP contribution in [0.1, 0.15) is 16.1 Å². The highest BCUT2D eigenvalue weighted by molar-refractivity contribution is 5.90. The van der Waals surface area contributed by atoms with Crippen molar-refractivity contribution in [3.05, 3.63) is 53.7 Å². The van der Waals surface area contributed by atoms with E-state index in [1.54, 1.807) is 0 Å². The molecule has 1 amide bonds. The third-order valence-corrected chi connectivity index (χ3v) is 2.90. The fraction of sp³-hybridized carbons (Fsp3) is 0.188. The van der Waals surface area contributed by atoms with Crippen molar-refractivity contribution in [2.75, 3.05) is 19.5 Å². The van der Waals surface area contributed by atoms with Crippen LogP contribution in [0.15, 0.2) is 42.5 Å². The van der Waals surface area contributed by atoms with Crippen LogP contribution in [0.3, 0.4) is 0 Å². The van der Waals surface area contributed by atoms with Gasteiger partial charge in [-0.3, -0.25) is 5.32 Å². The van der Waals surface area contributed by atoms with Crippen LogP contribution < -0.4 is 10.1 Å². The quantitative estimate of drug-likeness (QED) is 0.853. The molecule has 0 saturated carbocycles. The number of esters is 1. The highest BCUT2D eigenvalue weighted by Crippen LogP contribution is 2.22. The van der Waals surface area contributed by atoms with Crippen molar-refractivity contribution in [1.29, 1.82) is 0 Å². The molecule has 0 radical (unpaired) electrons. The lowest BCUT2D eigenvalue weighted by atomic mass is 10.2. The predicted molar refractivity (Wildman–Crippen MR) is 82.4 cm³/mol. The molecule has 23 heavy (non-hydrogen) atoms. The number of hydrogen-bond donors (Lipinski definition) is 1. The van der Waals surface area contributed by atoms with E-state index < -0.39 is 12.1 Å². The van der Waals surface area contributed by atoms with Crippen molar-refractivity contribution in [3.8, 4) is 5.88 Å². The fourth-order valence-corrected chi connectivity index (χ4v) is 1.78. The summed E-state index contributed by atoms with van der Waals surface area (Å²) in [6.07, 6.45) is -0.653. The summed E-state index contributed by atoms with van der Waals surface area (Å²) in [5.41, 5.74) is 1.24. The van der Waals surface area contributed by atoms with E-state index in [0.717, 1.165) is 5.56 Å². The van der Waals surface area contributed by atoms with Gasteiger partial charge in [0, 0.05) is 0 Å². The maximum atomic E-state index is 11.8. The van der Waals surface area contributed by atoms with E-state index in [-0.39, 0.29) is 18.2 Å². The van der Waals surface area contributed by atoms with Crippen molar-refractivity contribution in [2.24, 2.45) is 0 Å². The third-order valence-electron chi connectivity index (χ3n) is 2.90. The van der Waals surface area contributed by atoms with Crippen molar-refractivity contribution in [3.63, 3.8) is 0 Å². The highest BCUT2D eigenvalue weighted by Gasteiger charge is 2.14. The Kier molecular flexibility index (Phi) is 5.51. The number of anilines is 1. The van der Waals surface area contributed by atoms with E-state index in [1.165, 1.54) is 26.4 Å². The summed E-state index contributed by atoms with van der Waals surface area (Å²) in [4.78, 5) is 27.2. The van der Waals surface area contributed by atoms with E-state index in [2.05, 4.69) is 15.0 Å². The normalized spacial score (nSPS) is 9.83. The minimum Gasteiger partial charge on any atom is -0.479 e. The van der Waals surface area contributed by atoms with Crippen molar-refractivity contribution in [2.45, 2.75) is 6.61 Å². The Hall–Kier alpha value is -3.09. The molecule has 0 aliphatic heterocycles. The van der Waals surface area contributed by atoms with Gasteiger partial charge in [-0.15, -0.1) is 0 Å². The Bertz CT molecular complexity index is 688. The van der Waals surface area contributed by atoms with Gasteiger partial charge in [-0.05, 0) is 17.7 Å². The monoisotopic (exact) mass is 316 g/mol. The zero-order valence-corrected chi connectivity index (χ0v) is 12.7. The lowest BCUT2D eigenvalue weighted by molar-refractivity contribution is 0.0593. The van der Waals surface area contributed by atoms with Crippen LogP contribution in [0.25, 0.3) is 0 Å². The van der Waals surface area contributed by atoms with E-state index in [9.17, 15) is 9.59 Å². The van der Waals surface area contributed by atoms with Crippen LogP contribution in [0.4, 0.5) is 10.5 Å². The molecule has 0 fully saturated rings. The summed E-state index contributed by atoms with van der Waals surface area (Å²) in [5.74, 6) is -0.508. The van der Waals surface area contributed by atoms with Crippen LogP contribution in [-0.2, 0) is 16.1 Å². The van der Waals surface area contributed by atoms with Gasteiger partial charge >= 0.3 is 12.1 Å². The molecule has 1 aromatic heterocycles. The van der Waals surface area contributed by atoms with E-state index in [0.29, 0.717) is 5.69 Å². The topological polar surface area (TPSA) is 86.8 Å². The number of carbonyl (C=O) groups is 2. The first-order valence-electron chi connectivity index (χ1n) is 6.75. The second-order valence-corrected chi connectivity index (χ2v) is 4.43. The van der Waals surface area contributed by atoms with Gasteiger partial charge in [-0.2, -0.15) is 0 Å². The van der Waals surface area contributed by atoms with Gasteiger partial charge < -0.3 is 14.2 Å². The van der Waals surface area contributed by atoms with Crippen LogP contribution in [-0.4, -0.2) is 31.3 Å². The number of aromatic nitrogens is 1. The Balaban J connectivity index is 2.01. The van der Waals surface area contributed by atoms with Gasteiger partial charge in [0.15, 0.2) is 5.69 Å². The molecule has 1 aromatic carbocycles. The molecule has 0 unspecified atom stereocenters. The van der Waals surface area contributed by atoms with Crippen molar-refractivity contribution < 1.29 is 23.8 Å². The van der Waals surface area contributed by atoms with Gasteiger partial charge in [0.05, 0.1) is 14.2 Å². The van der Waals surface area contributed by atoms with Gasteiger partial charge in [-0.25, -0.2) is 14.6 Å². The largest absolute Gasteiger partial charge is 0.479 e. The second kappa shape index (κ2) is 7.79. The first-order valence-corrected chi connectivity index (χ1v) is 6.75. The number of nitrogens with one attached hydrogen (secondary N) is 1. The van der Waals surface area contributed by atoms with Crippen LogP contribution in [0.5, 0.6) is 5.88 Å². The first kappa shape index (κ1) is 16.3. The number of methoxy groups -OCH3 is 2. The first-order chi connectivity index (χ1) is 11.1. The summed E-state index contributed by atoms with van der Waals surface area (Å²) in [6, 6.07) is 12.2. The molecule has 2 aromatic rings. The number of benzene rings is 1. The second-order valence-electron chi connectivity index (χ2n) is 4.43. The minimum atomic E-state index is -0.653. The molecule has 0 saturated heterocycles. The Morgan fingerprint density at radius 2 is 1.83 bits per heavy atom. The summed E-state index contributed by atoms with van der Waals surface area (Å²) in [7, 11) is 2.63. The molecule has 0 aliphatic carbocycles. The van der Waals surface area contributed by atoms with E-state index in [1.807, 2.05) is 30.3 Å². The van der Waals surface area contributed by atoms with Gasteiger partial charge in [-0.1, -0.05) is 30.3 Å². The smallest absolute Gasteiger partial charge is 0.412 e. The Morgan fingerprint density at radius 3 is 2.48 bits per heavy atom. The molecule has 1 heterocycles. The standard InChI is InChI=1S/C16H16N2O5/c1-21-14-12(8-9-13(17-14)15(19)22-2)18-16(20)23-10-11-6-4-3-5-7-11/h3-9H,10H2,1-2H3,(H,18,20). The average molecular weight is 316 g/mol. The van der Waals surface area contributed by atoms with E-state index in [4.69, 9.17) is 9.47 Å². The number of amides is 1. The highest BCUT2D eigenvalue weighted by atomic mass is 16.5. The molecule has 7 heteroatoms. The van der Waals surface area contributed by atoms with Crippen LogP contribution in [0.2, 0.25) is 0 Å². The maximum absolute atomic E-state index is 11.8. The third kappa shape index (κ3) is 4.44. The van der Waals surface area contributed by atoms with Crippen molar-refractivity contribution in [1.82, 2.24) is 4.98 Å². The molecule has 2 rings (SSSR count). The average Bonchev–Trinajstić information content (AvgIpc) is 2.60. The molecular weight excluding hydrogens is 300 g/mol. The zero-order valence-electron chi connectivity index (χ0n) is 12.7. The molecule has 0 aliphatic rings. The predicted octanol–water partition coefficient (Wildman–Crippen LogP) is 2.63. The van der Waals surface area contributed by atoms with Crippen LogP contribution >= 0.6 is 0 Å². The number of pyridine rings is 1. The van der Waals surface area contributed by atoms with Crippen LogP contribution in [0, 0.1) is 0 Å². The number of carbonyl (C=O) groups excluding carboxylic acids is 2. The summed E-state index contributed by atoms with van der Waals surface area (Å²) < 4.78 is 14.7. The number of hydrogen-bond acceptors (Lipinski definition) is 6. The van der Waals surface area contributed by atoms with Gasteiger partial charge in [0.1, 0.15) is 12.3 Å². The molecule has 1 N–H and O–H groups in total. The lowest BCUT2D eigenvalue weighted by Gasteiger charge is -2.10. The van der Waals surface area contributed by atoms with E-state index >= 15 is 0 Å². The zero-order chi connectivity index (χ0) is 16.7. The Labute approximate surface area is 133 Å². The molecular formula is C16H16N2O5. The SMILES string of the molecule is COC(=O)c1ccc(NC(=O)OCc2ccccc2)c(OC)n1. The molecule has 0 bridgehead atoms. The number of ether oxygens (including phenoxy) is 3. The number of nitrogens with zero attached hydrogens (tertiary/aromatic N) is 1. The lowest BCUT2D eigenvalue weighted by Crippen LogP contribution is -2.15. The molecule has 0 atom stereocenters. The fourth-order valence-electron chi connectivity index (χ4n) is 1.78. The van der Waals surface area contributed by atoms with Gasteiger partial charge in [0.25, 0.3) is 0 Å². The summed E-state index contributed by atoms with van der Waals surface area (Å²) >= 11 is 0. The van der Waals surface area contributed by atoms with Gasteiger partial charge in [0.2, 0.25) is 5.88 Å². The summed E-state index contributed by atoms with van der Waals surface area (Å²) in [5, 5.41) is 2.52. The molecule has 0 spiro atoms. The molecule has 7 nitrogen and oxygen atoms in total. The molecule has 120 valence electrons. The summed E-state index contributed by atoms with van der Waals surface area (Å²) in [6.45, 7) is 0.142. The minimum absolute atomic E-state index is 0.0764. The number of rotatable bonds is 5. The maximum Gasteiger partial charge on any atom is 0.412 e.